The van der Waals surface area contributed by atoms with E-state index < -0.39 is 19.9 Å². The summed E-state index contributed by atoms with van der Waals surface area (Å²) in [4.78, 5) is -0.0774. The van der Waals surface area contributed by atoms with E-state index in [1.54, 1.807) is 6.92 Å². The molecule has 1 aromatic heterocycles. The minimum absolute atomic E-state index is 0.0510. The smallest absolute Gasteiger partial charge is 0.241 e. The van der Waals surface area contributed by atoms with Crippen molar-refractivity contribution >= 4 is 19.9 Å². The first-order chi connectivity index (χ1) is 7.67. The normalized spacial score (nSPS) is 12.9. The number of aromatic nitrogens is 2. The minimum atomic E-state index is -3.80. The summed E-state index contributed by atoms with van der Waals surface area (Å²) in [6.45, 7) is 3.21. The van der Waals surface area contributed by atoms with Gasteiger partial charge in [0.15, 0.2) is 9.84 Å². The molecule has 0 bridgehead atoms. The van der Waals surface area contributed by atoms with E-state index in [9.17, 15) is 16.8 Å². The molecule has 2 N–H and O–H groups in total. The van der Waals surface area contributed by atoms with Crippen molar-refractivity contribution in [3.63, 3.8) is 0 Å². The van der Waals surface area contributed by atoms with E-state index in [-0.39, 0.29) is 22.9 Å². The van der Waals surface area contributed by atoms with Gasteiger partial charge in [-0.15, -0.1) is 0 Å². The first-order valence-electron chi connectivity index (χ1n) is 4.93. The van der Waals surface area contributed by atoms with Crippen LogP contribution in [-0.2, 0) is 26.4 Å². The van der Waals surface area contributed by atoms with E-state index in [0.717, 1.165) is 6.20 Å². The van der Waals surface area contributed by atoms with Crippen LogP contribution in [-0.4, -0.2) is 38.1 Å². The topological polar surface area (TPSA) is 112 Å². The van der Waals surface area contributed by atoms with Gasteiger partial charge in [-0.05, 0) is 6.92 Å². The Bertz CT molecular complexity index is 601. The van der Waals surface area contributed by atoms with Gasteiger partial charge in [0.2, 0.25) is 10.0 Å². The second-order valence-electron chi connectivity index (χ2n) is 3.60. The average Bonchev–Trinajstić information content (AvgIpc) is 2.56. The van der Waals surface area contributed by atoms with Crippen LogP contribution in [0.2, 0.25) is 0 Å². The molecule has 98 valence electrons. The van der Waals surface area contributed by atoms with Gasteiger partial charge in [-0.3, -0.25) is 4.68 Å². The SMILES string of the molecule is CCS(=O)(=O)CCn1ncc(S(N)(=O)=O)c1C. The minimum Gasteiger partial charge on any atom is -0.267 e. The van der Waals surface area contributed by atoms with Gasteiger partial charge in [0, 0.05) is 5.75 Å². The van der Waals surface area contributed by atoms with Crippen molar-refractivity contribution in [3.05, 3.63) is 11.9 Å². The molecule has 0 unspecified atom stereocenters. The molecule has 1 rings (SSSR count). The molecule has 0 aliphatic heterocycles. The lowest BCUT2D eigenvalue weighted by atomic mass is 10.5. The highest BCUT2D eigenvalue weighted by atomic mass is 32.2. The van der Waals surface area contributed by atoms with Crippen LogP contribution in [0.15, 0.2) is 11.1 Å². The fourth-order valence-corrected chi connectivity index (χ4v) is 2.76. The summed E-state index contributed by atoms with van der Waals surface area (Å²) in [6.07, 6.45) is 1.13. The van der Waals surface area contributed by atoms with E-state index >= 15 is 0 Å². The summed E-state index contributed by atoms with van der Waals surface area (Å²) in [5, 5.41) is 8.79. The number of sulfone groups is 1. The van der Waals surface area contributed by atoms with Crippen LogP contribution in [0.3, 0.4) is 0 Å². The monoisotopic (exact) mass is 281 g/mol. The van der Waals surface area contributed by atoms with Crippen molar-refractivity contribution in [1.29, 1.82) is 0 Å². The molecule has 0 atom stereocenters. The van der Waals surface area contributed by atoms with Crippen LogP contribution in [0.25, 0.3) is 0 Å². The van der Waals surface area contributed by atoms with Gasteiger partial charge in [-0.1, -0.05) is 6.92 Å². The quantitative estimate of drug-likeness (QED) is 0.765. The maximum Gasteiger partial charge on any atom is 0.241 e. The fourth-order valence-electron chi connectivity index (χ4n) is 1.30. The van der Waals surface area contributed by atoms with E-state index in [1.807, 2.05) is 0 Å². The predicted molar refractivity (Wildman–Crippen MR) is 62.7 cm³/mol. The van der Waals surface area contributed by atoms with E-state index in [2.05, 4.69) is 5.10 Å². The Morgan fingerprint density at radius 1 is 1.35 bits per heavy atom. The third-order valence-electron chi connectivity index (χ3n) is 2.42. The van der Waals surface area contributed by atoms with Gasteiger partial charge < -0.3 is 0 Å². The van der Waals surface area contributed by atoms with Crippen LogP contribution < -0.4 is 5.14 Å². The van der Waals surface area contributed by atoms with E-state index in [4.69, 9.17) is 5.14 Å². The molecule has 0 spiro atoms. The molecule has 1 heterocycles. The Balaban J connectivity index is 2.93. The third-order valence-corrected chi connectivity index (χ3v) is 5.12. The maximum absolute atomic E-state index is 11.3. The Labute approximate surface area is 101 Å². The molecule has 1 aromatic rings. The number of nitrogens with zero attached hydrogens (tertiary/aromatic N) is 2. The van der Waals surface area contributed by atoms with Crippen molar-refractivity contribution in [2.75, 3.05) is 11.5 Å². The lowest BCUT2D eigenvalue weighted by Gasteiger charge is -2.04. The predicted octanol–water partition coefficient (Wildman–Crippen LogP) is -0.726. The number of hydrogen-bond acceptors (Lipinski definition) is 5. The van der Waals surface area contributed by atoms with Gasteiger partial charge >= 0.3 is 0 Å². The van der Waals surface area contributed by atoms with Gasteiger partial charge in [-0.25, -0.2) is 22.0 Å². The van der Waals surface area contributed by atoms with Crippen molar-refractivity contribution in [1.82, 2.24) is 9.78 Å². The van der Waals surface area contributed by atoms with Gasteiger partial charge in [0.1, 0.15) is 4.90 Å². The molecule has 7 nitrogen and oxygen atoms in total. The molecule has 9 heteroatoms. The van der Waals surface area contributed by atoms with Crippen LogP contribution in [0.5, 0.6) is 0 Å². The lowest BCUT2D eigenvalue weighted by molar-refractivity contribution is 0.577. The summed E-state index contributed by atoms with van der Waals surface area (Å²) in [5.41, 5.74) is 0.346. The Hall–Kier alpha value is -0.930. The number of hydrogen-bond donors (Lipinski definition) is 1. The molecule has 17 heavy (non-hydrogen) atoms. The number of rotatable bonds is 5. The molecule has 0 saturated heterocycles. The van der Waals surface area contributed by atoms with E-state index in [1.165, 1.54) is 11.6 Å². The second-order valence-corrected chi connectivity index (χ2v) is 7.60. The molecule has 0 aliphatic rings. The molecular weight excluding hydrogens is 266 g/mol. The van der Waals surface area contributed by atoms with Crippen LogP contribution in [0.4, 0.5) is 0 Å². The zero-order chi connectivity index (χ0) is 13.3. The first-order valence-corrected chi connectivity index (χ1v) is 8.30. The van der Waals surface area contributed by atoms with Crippen LogP contribution in [0, 0.1) is 6.92 Å². The number of sulfonamides is 1. The standard InChI is InChI=1S/C8H15N3O4S2/c1-3-16(12,13)5-4-11-7(2)8(6-10-11)17(9,14)15/h6H,3-5H2,1-2H3,(H2,9,14,15). The summed E-state index contributed by atoms with van der Waals surface area (Å²) in [7, 11) is -6.91. The van der Waals surface area contributed by atoms with E-state index in [0.29, 0.717) is 5.69 Å². The molecule has 0 fully saturated rings. The summed E-state index contributed by atoms with van der Waals surface area (Å²) < 4.78 is 46.2. The zero-order valence-electron chi connectivity index (χ0n) is 9.62. The lowest BCUT2D eigenvalue weighted by Crippen LogP contribution is -2.17. The molecular formula is C8H15N3O4S2. The highest BCUT2D eigenvalue weighted by Crippen LogP contribution is 2.12. The molecule has 0 saturated carbocycles. The van der Waals surface area contributed by atoms with Crippen LogP contribution >= 0.6 is 0 Å². The molecule has 0 amide bonds. The highest BCUT2D eigenvalue weighted by Gasteiger charge is 2.17. The fraction of sp³-hybridized carbons (Fsp3) is 0.625. The van der Waals surface area contributed by atoms with Crippen molar-refractivity contribution in [2.24, 2.45) is 5.14 Å². The largest absolute Gasteiger partial charge is 0.267 e. The Morgan fingerprint density at radius 3 is 2.35 bits per heavy atom. The van der Waals surface area contributed by atoms with Crippen LogP contribution in [0.1, 0.15) is 12.6 Å². The third kappa shape index (κ3) is 3.51. The number of aryl methyl sites for hydroxylation is 1. The Morgan fingerprint density at radius 2 is 1.94 bits per heavy atom. The summed E-state index contributed by atoms with van der Waals surface area (Å²) in [6, 6.07) is 0. The van der Waals surface area contributed by atoms with Gasteiger partial charge in [-0.2, -0.15) is 5.10 Å². The van der Waals surface area contributed by atoms with Crippen molar-refractivity contribution in [2.45, 2.75) is 25.3 Å². The second kappa shape index (κ2) is 4.75. The molecule has 0 aliphatic carbocycles. The van der Waals surface area contributed by atoms with Crippen molar-refractivity contribution in [3.8, 4) is 0 Å². The summed E-state index contributed by atoms with van der Waals surface area (Å²) >= 11 is 0. The maximum atomic E-state index is 11.3. The number of primary sulfonamides is 1. The number of nitrogens with two attached hydrogens (primary N) is 1. The van der Waals surface area contributed by atoms with Gasteiger partial charge in [0.25, 0.3) is 0 Å². The molecule has 0 radical (unpaired) electrons. The average molecular weight is 281 g/mol. The Kier molecular flexibility index (Phi) is 3.95. The highest BCUT2D eigenvalue weighted by molar-refractivity contribution is 7.91. The van der Waals surface area contributed by atoms with Crippen molar-refractivity contribution < 1.29 is 16.8 Å². The molecule has 0 aromatic carbocycles. The van der Waals surface area contributed by atoms with Gasteiger partial charge in [0.05, 0.1) is 24.2 Å². The summed E-state index contributed by atoms with van der Waals surface area (Å²) in [5.74, 6) is -0.0224. The zero-order valence-corrected chi connectivity index (χ0v) is 11.3. The first kappa shape index (κ1) is 14.1.